The van der Waals surface area contributed by atoms with E-state index < -0.39 is 9.84 Å². The molecule has 0 radical (unpaired) electrons. The van der Waals surface area contributed by atoms with Crippen LogP contribution in [-0.4, -0.2) is 68.9 Å². The van der Waals surface area contributed by atoms with E-state index in [-0.39, 0.29) is 29.2 Å². The van der Waals surface area contributed by atoms with E-state index in [1.165, 1.54) is 0 Å². The number of carbonyl (C=O) groups is 1. The van der Waals surface area contributed by atoms with E-state index in [2.05, 4.69) is 0 Å². The minimum atomic E-state index is -3.08. The van der Waals surface area contributed by atoms with Crippen LogP contribution in [0.1, 0.15) is 23.4 Å². The molecule has 0 spiro atoms. The molecule has 0 saturated carbocycles. The Kier molecular flexibility index (Phi) is 5.60. The van der Waals surface area contributed by atoms with Gasteiger partial charge in [-0.25, -0.2) is 8.42 Å². The Morgan fingerprint density at radius 2 is 2.04 bits per heavy atom. The molecular formula is C18H23ClN2O4S. The van der Waals surface area contributed by atoms with Gasteiger partial charge in [0, 0.05) is 23.0 Å². The number of sulfone groups is 1. The van der Waals surface area contributed by atoms with Crippen molar-refractivity contribution in [2.24, 2.45) is 0 Å². The van der Waals surface area contributed by atoms with Gasteiger partial charge in [-0.1, -0.05) is 11.6 Å². The summed E-state index contributed by atoms with van der Waals surface area (Å²) in [5.74, 6) is 0.104. The number of rotatable bonds is 6. The topological polar surface area (TPSA) is 70.8 Å². The van der Waals surface area contributed by atoms with Gasteiger partial charge in [0.2, 0.25) is 0 Å². The molecule has 0 N–H and O–H groups in total. The van der Waals surface area contributed by atoms with Crippen molar-refractivity contribution in [3.63, 3.8) is 0 Å². The molecule has 1 amide bonds. The molecule has 1 aliphatic rings. The molecule has 0 bridgehead atoms. The molecule has 1 aliphatic heterocycles. The Hall–Kier alpha value is -1.57. The largest absolute Gasteiger partial charge is 0.451 e. The molecule has 0 aliphatic carbocycles. The van der Waals surface area contributed by atoms with Gasteiger partial charge >= 0.3 is 0 Å². The van der Waals surface area contributed by atoms with E-state index >= 15 is 0 Å². The van der Waals surface area contributed by atoms with Gasteiger partial charge in [-0.2, -0.15) is 0 Å². The van der Waals surface area contributed by atoms with Crippen molar-refractivity contribution in [2.45, 2.75) is 18.9 Å². The zero-order valence-corrected chi connectivity index (χ0v) is 16.5. The van der Waals surface area contributed by atoms with Gasteiger partial charge in [0.05, 0.1) is 11.5 Å². The van der Waals surface area contributed by atoms with Crippen LogP contribution in [0.15, 0.2) is 28.7 Å². The van der Waals surface area contributed by atoms with Gasteiger partial charge in [0.25, 0.3) is 5.91 Å². The third-order valence-electron chi connectivity index (χ3n) is 4.60. The fraction of sp³-hybridized carbons (Fsp3) is 0.500. The van der Waals surface area contributed by atoms with Crippen LogP contribution in [0.5, 0.6) is 0 Å². The minimum Gasteiger partial charge on any atom is -0.451 e. The number of amides is 1. The van der Waals surface area contributed by atoms with Gasteiger partial charge in [0.1, 0.15) is 5.58 Å². The van der Waals surface area contributed by atoms with Crippen molar-refractivity contribution in [3.8, 4) is 0 Å². The molecule has 2 heterocycles. The smallest absolute Gasteiger partial charge is 0.289 e. The Labute approximate surface area is 158 Å². The van der Waals surface area contributed by atoms with Gasteiger partial charge in [-0.05, 0) is 57.7 Å². The van der Waals surface area contributed by atoms with Crippen LogP contribution >= 0.6 is 11.6 Å². The molecule has 3 rings (SSSR count). The number of hydrogen-bond donors (Lipinski definition) is 0. The van der Waals surface area contributed by atoms with Crippen LogP contribution in [0, 0.1) is 0 Å². The van der Waals surface area contributed by atoms with E-state index in [0.717, 1.165) is 18.4 Å². The highest BCUT2D eigenvalue weighted by atomic mass is 35.5. The van der Waals surface area contributed by atoms with Gasteiger partial charge < -0.3 is 14.2 Å². The maximum absolute atomic E-state index is 13.1. The number of halogens is 1. The third-order valence-corrected chi connectivity index (χ3v) is 6.59. The molecule has 2 aromatic rings. The van der Waals surface area contributed by atoms with Crippen LogP contribution in [0.25, 0.3) is 11.0 Å². The normalized spacial score (nSPS) is 19.3. The lowest BCUT2D eigenvalue weighted by molar-refractivity contribution is 0.0660. The summed E-state index contributed by atoms with van der Waals surface area (Å²) in [7, 11) is 0.855. The summed E-state index contributed by atoms with van der Waals surface area (Å²) in [6.07, 6.45) is 1.24. The van der Waals surface area contributed by atoms with Crippen LogP contribution in [0.4, 0.5) is 0 Å². The van der Waals surface area contributed by atoms with E-state index in [1.807, 2.05) is 19.0 Å². The summed E-state index contributed by atoms with van der Waals surface area (Å²) in [5, 5.41) is 1.33. The molecular weight excluding hydrogens is 376 g/mol. The molecule has 8 heteroatoms. The summed E-state index contributed by atoms with van der Waals surface area (Å²) >= 11 is 5.99. The number of hydrogen-bond acceptors (Lipinski definition) is 5. The van der Waals surface area contributed by atoms with Crippen molar-refractivity contribution < 1.29 is 17.6 Å². The molecule has 1 fully saturated rings. The number of carbonyl (C=O) groups excluding carboxylic acids is 1. The molecule has 142 valence electrons. The first-order valence-electron chi connectivity index (χ1n) is 8.60. The van der Waals surface area contributed by atoms with Crippen molar-refractivity contribution in [2.75, 3.05) is 38.7 Å². The Bertz CT molecular complexity index is 907. The first kappa shape index (κ1) is 19.2. The molecule has 1 aromatic carbocycles. The van der Waals surface area contributed by atoms with E-state index in [4.69, 9.17) is 16.0 Å². The van der Waals surface area contributed by atoms with Crippen LogP contribution in [0.2, 0.25) is 5.02 Å². The van der Waals surface area contributed by atoms with Crippen LogP contribution in [-0.2, 0) is 9.84 Å². The SMILES string of the molecule is CN(C)CCCN(C(=O)c1cc2cc(Cl)ccc2o1)C1CCS(=O)(=O)C1. The summed E-state index contributed by atoms with van der Waals surface area (Å²) < 4.78 is 29.5. The quantitative estimate of drug-likeness (QED) is 0.748. The lowest BCUT2D eigenvalue weighted by Gasteiger charge is -2.28. The average Bonchev–Trinajstić information content (AvgIpc) is 3.13. The first-order valence-corrected chi connectivity index (χ1v) is 10.8. The van der Waals surface area contributed by atoms with Gasteiger partial charge in [-0.15, -0.1) is 0 Å². The maximum Gasteiger partial charge on any atom is 0.289 e. The van der Waals surface area contributed by atoms with Crippen LogP contribution in [0.3, 0.4) is 0 Å². The zero-order chi connectivity index (χ0) is 18.9. The molecule has 6 nitrogen and oxygen atoms in total. The van der Waals surface area contributed by atoms with Crippen molar-refractivity contribution in [3.05, 3.63) is 35.0 Å². The van der Waals surface area contributed by atoms with Gasteiger partial charge in [-0.3, -0.25) is 4.79 Å². The minimum absolute atomic E-state index is 0.0206. The van der Waals surface area contributed by atoms with Gasteiger partial charge in [0.15, 0.2) is 15.6 Å². The summed E-state index contributed by atoms with van der Waals surface area (Å²) in [6.45, 7) is 1.31. The Morgan fingerprint density at radius 1 is 1.27 bits per heavy atom. The van der Waals surface area contributed by atoms with Crippen molar-refractivity contribution in [1.82, 2.24) is 9.80 Å². The number of benzene rings is 1. The lowest BCUT2D eigenvalue weighted by Crippen LogP contribution is -2.42. The van der Waals surface area contributed by atoms with Crippen molar-refractivity contribution >= 4 is 38.3 Å². The predicted molar refractivity (Wildman–Crippen MR) is 102 cm³/mol. The first-order chi connectivity index (χ1) is 12.2. The van der Waals surface area contributed by atoms with Crippen molar-refractivity contribution in [1.29, 1.82) is 0 Å². The average molecular weight is 399 g/mol. The van der Waals surface area contributed by atoms with E-state index in [0.29, 0.717) is 23.6 Å². The summed E-state index contributed by atoms with van der Waals surface area (Å²) in [4.78, 5) is 16.8. The molecule has 1 unspecified atom stereocenters. The Morgan fingerprint density at radius 3 is 2.69 bits per heavy atom. The second-order valence-electron chi connectivity index (χ2n) is 7.01. The lowest BCUT2D eigenvalue weighted by atomic mass is 10.2. The number of furan rings is 1. The Balaban J connectivity index is 1.84. The standard InChI is InChI=1S/C18H23ClN2O4S/c1-20(2)7-3-8-21(15-6-9-26(23,24)12-15)18(22)17-11-13-10-14(19)4-5-16(13)25-17/h4-5,10-11,15H,3,6-9,12H2,1-2H3. The molecule has 26 heavy (non-hydrogen) atoms. The highest BCUT2D eigenvalue weighted by Gasteiger charge is 2.35. The second-order valence-corrected chi connectivity index (χ2v) is 9.67. The second kappa shape index (κ2) is 7.58. The third kappa shape index (κ3) is 4.39. The molecule has 1 aromatic heterocycles. The van der Waals surface area contributed by atoms with E-state index in [1.54, 1.807) is 29.2 Å². The highest BCUT2D eigenvalue weighted by Crippen LogP contribution is 2.26. The summed E-state index contributed by atoms with van der Waals surface area (Å²) in [6, 6.07) is 6.55. The predicted octanol–water partition coefficient (Wildman–Crippen LogP) is 2.67. The fourth-order valence-corrected chi connectivity index (χ4v) is 5.20. The summed E-state index contributed by atoms with van der Waals surface area (Å²) in [5.41, 5.74) is 0.588. The van der Waals surface area contributed by atoms with E-state index in [9.17, 15) is 13.2 Å². The van der Waals surface area contributed by atoms with Crippen LogP contribution < -0.4 is 0 Å². The molecule has 1 saturated heterocycles. The monoisotopic (exact) mass is 398 g/mol. The number of fused-ring (bicyclic) bond motifs is 1. The maximum atomic E-state index is 13.1. The molecule has 1 atom stereocenters. The highest BCUT2D eigenvalue weighted by molar-refractivity contribution is 7.91. The zero-order valence-electron chi connectivity index (χ0n) is 14.9. The fourth-order valence-electron chi connectivity index (χ4n) is 3.29. The number of nitrogens with zero attached hydrogens (tertiary/aromatic N) is 2.